The normalized spacial score (nSPS) is 23.5. The first-order valence-corrected chi connectivity index (χ1v) is 9.39. The maximum absolute atomic E-state index is 13.3. The Labute approximate surface area is 150 Å². The fourth-order valence-electron chi connectivity index (χ4n) is 4.34. The molecule has 0 radical (unpaired) electrons. The number of benzene rings is 2. The van der Waals surface area contributed by atoms with Gasteiger partial charge in [-0.1, -0.05) is 48.5 Å². The maximum Gasteiger partial charge on any atom is 0.231 e. The predicted octanol–water partition coefficient (Wildman–Crippen LogP) is 3.88. The zero-order valence-electron chi connectivity index (χ0n) is 14.9. The molecule has 4 rings (SSSR count). The Morgan fingerprint density at radius 1 is 1.08 bits per heavy atom. The van der Waals surface area contributed by atoms with Crippen molar-refractivity contribution < 1.29 is 4.79 Å². The van der Waals surface area contributed by atoms with Crippen LogP contribution in [0.15, 0.2) is 54.6 Å². The third-order valence-electron chi connectivity index (χ3n) is 5.55. The van der Waals surface area contributed by atoms with Crippen molar-refractivity contribution in [3.8, 4) is 0 Å². The fraction of sp³-hybridized carbons (Fsp3) is 0.409. The summed E-state index contributed by atoms with van der Waals surface area (Å²) < 4.78 is 0. The number of hydrogen-bond acceptors (Lipinski definition) is 2. The monoisotopic (exact) mass is 334 g/mol. The van der Waals surface area contributed by atoms with E-state index in [1.165, 1.54) is 11.1 Å². The van der Waals surface area contributed by atoms with Crippen LogP contribution in [0.2, 0.25) is 0 Å². The summed E-state index contributed by atoms with van der Waals surface area (Å²) in [6, 6.07) is 19.2. The summed E-state index contributed by atoms with van der Waals surface area (Å²) in [5.41, 5.74) is 3.76. The molecule has 1 fully saturated rings. The van der Waals surface area contributed by atoms with Crippen LogP contribution >= 0.6 is 0 Å². The summed E-state index contributed by atoms with van der Waals surface area (Å²) in [7, 11) is 0. The Hall–Kier alpha value is -2.13. The van der Waals surface area contributed by atoms with E-state index in [0.29, 0.717) is 5.91 Å². The second-order valence-electron chi connectivity index (χ2n) is 7.45. The summed E-state index contributed by atoms with van der Waals surface area (Å²) >= 11 is 0. The molecule has 3 heteroatoms. The molecule has 2 aliphatic heterocycles. The number of anilines is 1. The summed E-state index contributed by atoms with van der Waals surface area (Å²) in [6.07, 6.45) is 3.09. The second-order valence-corrected chi connectivity index (χ2v) is 7.45. The molecule has 0 saturated carbocycles. The minimum absolute atomic E-state index is 0.117. The van der Waals surface area contributed by atoms with Gasteiger partial charge in [0, 0.05) is 24.8 Å². The van der Waals surface area contributed by atoms with Gasteiger partial charge in [0.25, 0.3) is 0 Å². The topological polar surface area (TPSA) is 23.6 Å². The van der Waals surface area contributed by atoms with E-state index >= 15 is 0 Å². The average molecular weight is 334 g/mol. The first kappa shape index (κ1) is 16.3. The lowest BCUT2D eigenvalue weighted by molar-refractivity contribution is -0.124. The van der Waals surface area contributed by atoms with Crippen molar-refractivity contribution in [1.29, 1.82) is 0 Å². The zero-order valence-corrected chi connectivity index (χ0v) is 14.9. The molecule has 2 aromatic rings. The molecule has 1 amide bonds. The average Bonchev–Trinajstić information content (AvgIpc) is 2.98. The first-order valence-electron chi connectivity index (χ1n) is 9.39. The Morgan fingerprint density at radius 2 is 1.84 bits per heavy atom. The largest absolute Gasteiger partial charge is 0.309 e. The van der Waals surface area contributed by atoms with E-state index in [1.54, 1.807) is 0 Å². The number of fused-ring (bicyclic) bond motifs is 1. The van der Waals surface area contributed by atoms with Crippen molar-refractivity contribution in [3.63, 3.8) is 0 Å². The van der Waals surface area contributed by atoms with Crippen molar-refractivity contribution in [1.82, 2.24) is 4.90 Å². The van der Waals surface area contributed by atoms with E-state index in [-0.39, 0.29) is 12.0 Å². The highest BCUT2D eigenvalue weighted by atomic mass is 16.2. The highest BCUT2D eigenvalue weighted by Crippen LogP contribution is 2.34. The number of piperidine rings is 1. The molecule has 2 aromatic carbocycles. The van der Waals surface area contributed by atoms with Crippen LogP contribution in [0, 0.1) is 5.92 Å². The number of para-hydroxylation sites is 1. The molecule has 2 aliphatic rings. The van der Waals surface area contributed by atoms with Crippen molar-refractivity contribution in [3.05, 3.63) is 65.7 Å². The van der Waals surface area contributed by atoms with Gasteiger partial charge in [-0.15, -0.1) is 0 Å². The maximum atomic E-state index is 13.3. The van der Waals surface area contributed by atoms with E-state index in [0.717, 1.165) is 44.6 Å². The minimum atomic E-state index is 0.117. The molecule has 0 bridgehead atoms. The lowest BCUT2D eigenvalue weighted by Gasteiger charge is -2.35. The smallest absolute Gasteiger partial charge is 0.231 e. The van der Waals surface area contributed by atoms with Crippen molar-refractivity contribution >= 4 is 11.6 Å². The summed E-state index contributed by atoms with van der Waals surface area (Å²) in [5.74, 6) is 0.432. The van der Waals surface area contributed by atoms with Crippen LogP contribution in [0.1, 0.15) is 30.9 Å². The first-order chi connectivity index (χ1) is 12.2. The van der Waals surface area contributed by atoms with Crippen LogP contribution < -0.4 is 4.90 Å². The number of hydrogen-bond donors (Lipinski definition) is 0. The van der Waals surface area contributed by atoms with Gasteiger partial charge in [-0.3, -0.25) is 9.69 Å². The lowest BCUT2D eigenvalue weighted by atomic mass is 9.95. The lowest BCUT2D eigenvalue weighted by Crippen LogP contribution is -2.46. The molecule has 2 heterocycles. The highest BCUT2D eigenvalue weighted by molar-refractivity contribution is 5.97. The summed E-state index contributed by atoms with van der Waals surface area (Å²) in [5, 5.41) is 0. The molecule has 25 heavy (non-hydrogen) atoms. The van der Waals surface area contributed by atoms with Crippen LogP contribution in [-0.4, -0.2) is 29.9 Å². The van der Waals surface area contributed by atoms with E-state index in [1.807, 2.05) is 6.07 Å². The predicted molar refractivity (Wildman–Crippen MR) is 102 cm³/mol. The van der Waals surface area contributed by atoms with Crippen molar-refractivity contribution in [2.24, 2.45) is 5.92 Å². The van der Waals surface area contributed by atoms with E-state index in [2.05, 4.69) is 65.3 Å². The van der Waals surface area contributed by atoms with Gasteiger partial charge in [-0.05, 0) is 49.9 Å². The van der Waals surface area contributed by atoms with Crippen molar-refractivity contribution in [2.45, 2.75) is 38.8 Å². The van der Waals surface area contributed by atoms with Gasteiger partial charge in [0.1, 0.15) is 0 Å². The highest BCUT2D eigenvalue weighted by Gasteiger charge is 2.36. The Balaban J connectivity index is 1.47. The summed E-state index contributed by atoms with van der Waals surface area (Å²) in [4.78, 5) is 17.8. The number of amides is 1. The molecule has 2 atom stereocenters. The van der Waals surface area contributed by atoms with Gasteiger partial charge in [-0.25, -0.2) is 0 Å². The van der Waals surface area contributed by atoms with Gasteiger partial charge in [0.05, 0.1) is 5.92 Å². The zero-order chi connectivity index (χ0) is 17.2. The molecule has 0 unspecified atom stereocenters. The molecule has 0 aliphatic carbocycles. The van der Waals surface area contributed by atoms with Gasteiger partial charge in [-0.2, -0.15) is 0 Å². The van der Waals surface area contributed by atoms with Crippen LogP contribution in [0.3, 0.4) is 0 Å². The number of carbonyl (C=O) groups is 1. The quantitative estimate of drug-likeness (QED) is 0.850. The van der Waals surface area contributed by atoms with Gasteiger partial charge < -0.3 is 4.90 Å². The molecule has 0 N–H and O–H groups in total. The Kier molecular flexibility index (Phi) is 4.58. The number of nitrogens with zero attached hydrogens (tertiary/aromatic N) is 2. The molecule has 0 aromatic heterocycles. The number of carbonyl (C=O) groups excluding carboxylic acids is 1. The fourth-order valence-corrected chi connectivity index (χ4v) is 4.34. The molecule has 3 nitrogen and oxygen atoms in total. The van der Waals surface area contributed by atoms with E-state index < -0.39 is 0 Å². The van der Waals surface area contributed by atoms with Crippen LogP contribution in [0.4, 0.5) is 5.69 Å². The minimum Gasteiger partial charge on any atom is -0.309 e. The summed E-state index contributed by atoms with van der Waals surface area (Å²) in [6.45, 7) is 5.07. The van der Waals surface area contributed by atoms with Gasteiger partial charge >= 0.3 is 0 Å². The number of rotatable bonds is 3. The third-order valence-corrected chi connectivity index (χ3v) is 5.55. The van der Waals surface area contributed by atoms with Crippen LogP contribution in [-0.2, 0) is 17.8 Å². The second kappa shape index (κ2) is 7.01. The van der Waals surface area contributed by atoms with Crippen LogP contribution in [0.5, 0.6) is 0 Å². The Bertz CT molecular complexity index is 743. The molecular formula is C22H26N2O. The van der Waals surface area contributed by atoms with E-state index in [9.17, 15) is 4.79 Å². The molecule has 0 spiro atoms. The van der Waals surface area contributed by atoms with Crippen LogP contribution in [0.25, 0.3) is 0 Å². The van der Waals surface area contributed by atoms with Crippen molar-refractivity contribution in [2.75, 3.05) is 18.0 Å². The number of likely N-dealkylation sites (tertiary alicyclic amines) is 1. The molecular weight excluding hydrogens is 308 g/mol. The molecule has 130 valence electrons. The molecule has 1 saturated heterocycles. The third kappa shape index (κ3) is 3.34. The van der Waals surface area contributed by atoms with Gasteiger partial charge in [0.15, 0.2) is 0 Å². The standard InChI is InChI=1S/C22H26N2O/c1-17-14-19-10-5-6-12-21(19)24(17)22(25)20-11-7-13-23(16-20)15-18-8-3-2-4-9-18/h2-6,8-10,12,17,20H,7,11,13-16H2,1H3/t17-,20+/m0/s1. The van der Waals surface area contributed by atoms with E-state index in [4.69, 9.17) is 0 Å². The van der Waals surface area contributed by atoms with Gasteiger partial charge in [0.2, 0.25) is 5.91 Å². The Morgan fingerprint density at radius 3 is 2.68 bits per heavy atom. The SMILES string of the molecule is C[C@H]1Cc2ccccc2N1C(=O)[C@@H]1CCCN(Cc2ccccc2)C1.